The molecule has 0 spiro atoms. The fraction of sp³-hybridized carbons (Fsp3) is 0.500. The molecule has 0 bridgehead atoms. The first-order chi connectivity index (χ1) is 13.7. The smallest absolute Gasteiger partial charge is 0.383 e. The predicted octanol–water partition coefficient (Wildman–Crippen LogP) is 3.47. The summed E-state index contributed by atoms with van der Waals surface area (Å²) < 4.78 is 46.7. The number of aromatic nitrogens is 3. The van der Waals surface area contributed by atoms with Crippen molar-refractivity contribution in [3.05, 3.63) is 35.2 Å². The number of rotatable bonds is 6. The van der Waals surface area contributed by atoms with E-state index in [0.717, 1.165) is 31.4 Å². The number of nitrogen functional groups attached to an aromatic ring is 1. The molecule has 9 heteroatoms. The van der Waals surface area contributed by atoms with E-state index in [1.165, 1.54) is 17.3 Å². The van der Waals surface area contributed by atoms with Crippen LogP contribution >= 0.6 is 0 Å². The number of nitrogens with two attached hydrogens (primary N) is 1. The minimum absolute atomic E-state index is 0.0848. The van der Waals surface area contributed by atoms with E-state index in [0.29, 0.717) is 23.8 Å². The van der Waals surface area contributed by atoms with Gasteiger partial charge in [-0.15, -0.1) is 0 Å². The van der Waals surface area contributed by atoms with Gasteiger partial charge in [-0.05, 0) is 37.1 Å². The molecule has 2 N–H and O–H groups in total. The molecular formula is C20H24F3N5O. The molecular weight excluding hydrogens is 383 g/mol. The summed E-state index contributed by atoms with van der Waals surface area (Å²) in [6.07, 6.45) is -3.21. The molecule has 3 heterocycles. The van der Waals surface area contributed by atoms with Crippen LogP contribution in [0.5, 0.6) is 0 Å². The van der Waals surface area contributed by atoms with Crippen molar-refractivity contribution in [3.63, 3.8) is 0 Å². The van der Waals surface area contributed by atoms with Crippen molar-refractivity contribution in [3.8, 4) is 11.3 Å². The number of alkyl halides is 3. The molecule has 1 atom stereocenters. The van der Waals surface area contributed by atoms with Gasteiger partial charge < -0.3 is 10.5 Å². The van der Waals surface area contributed by atoms with Gasteiger partial charge in [-0.3, -0.25) is 9.58 Å². The standard InChI is InChI=1S/C20H24F3N5O/c1-11(2)28-17(18-13-9-27(4-5-29-3)10-14(13)18)7-16(26-28)12-6-15(20(21,22)23)19(24)25-8-12/h6-8,11,13H,4-5,9-10H2,1-3H3,(H2,24,25). The third kappa shape index (κ3) is 3.64. The summed E-state index contributed by atoms with van der Waals surface area (Å²) >= 11 is 0. The molecule has 1 fully saturated rings. The zero-order chi connectivity index (χ0) is 20.9. The quantitative estimate of drug-likeness (QED) is 0.794. The average molecular weight is 407 g/mol. The van der Waals surface area contributed by atoms with Crippen molar-refractivity contribution < 1.29 is 17.9 Å². The lowest BCUT2D eigenvalue weighted by molar-refractivity contribution is -0.137. The van der Waals surface area contributed by atoms with Gasteiger partial charge in [-0.1, -0.05) is 0 Å². The van der Waals surface area contributed by atoms with E-state index in [4.69, 9.17) is 10.5 Å². The molecule has 1 unspecified atom stereocenters. The molecule has 1 aliphatic heterocycles. The molecule has 1 saturated heterocycles. The third-order valence-electron chi connectivity index (χ3n) is 5.50. The van der Waals surface area contributed by atoms with E-state index in [-0.39, 0.29) is 6.04 Å². The first kappa shape index (κ1) is 19.9. The lowest BCUT2D eigenvalue weighted by Crippen LogP contribution is -2.26. The highest BCUT2D eigenvalue weighted by Gasteiger charge is 2.45. The Hall–Kier alpha value is -2.39. The molecule has 0 amide bonds. The van der Waals surface area contributed by atoms with Crippen molar-refractivity contribution in [1.82, 2.24) is 19.7 Å². The van der Waals surface area contributed by atoms with Gasteiger partial charge in [0.2, 0.25) is 0 Å². The maximum Gasteiger partial charge on any atom is 0.419 e. The monoisotopic (exact) mass is 407 g/mol. The number of fused-ring (bicyclic) bond motifs is 1. The maximum atomic E-state index is 13.2. The number of hydrogen-bond donors (Lipinski definition) is 1. The van der Waals surface area contributed by atoms with Gasteiger partial charge in [-0.2, -0.15) is 18.3 Å². The van der Waals surface area contributed by atoms with Crippen LogP contribution in [0, 0.1) is 5.92 Å². The zero-order valence-corrected chi connectivity index (χ0v) is 16.6. The van der Waals surface area contributed by atoms with Gasteiger partial charge in [0.05, 0.1) is 23.6 Å². The minimum Gasteiger partial charge on any atom is -0.383 e. The van der Waals surface area contributed by atoms with Gasteiger partial charge in [0.25, 0.3) is 0 Å². The number of halogens is 3. The summed E-state index contributed by atoms with van der Waals surface area (Å²) in [6.45, 7) is 7.48. The molecule has 0 aromatic carbocycles. The molecule has 156 valence electrons. The summed E-state index contributed by atoms with van der Waals surface area (Å²) in [4.78, 5) is 6.09. The number of pyridine rings is 1. The van der Waals surface area contributed by atoms with Crippen LogP contribution in [-0.2, 0) is 10.9 Å². The van der Waals surface area contributed by atoms with E-state index in [1.54, 1.807) is 7.11 Å². The van der Waals surface area contributed by atoms with Crippen molar-refractivity contribution >= 4 is 11.4 Å². The highest BCUT2D eigenvalue weighted by molar-refractivity contribution is 5.87. The van der Waals surface area contributed by atoms with Crippen LogP contribution in [0.2, 0.25) is 0 Å². The van der Waals surface area contributed by atoms with E-state index in [9.17, 15) is 13.2 Å². The van der Waals surface area contributed by atoms with E-state index in [1.807, 2.05) is 24.6 Å². The second-order valence-electron chi connectivity index (χ2n) is 7.83. The van der Waals surface area contributed by atoms with Crippen LogP contribution in [0.4, 0.5) is 19.0 Å². The lowest BCUT2D eigenvalue weighted by Gasteiger charge is -2.16. The van der Waals surface area contributed by atoms with Gasteiger partial charge in [0, 0.05) is 50.5 Å². The molecule has 2 aromatic heterocycles. The Balaban J connectivity index is 1.66. The van der Waals surface area contributed by atoms with Gasteiger partial charge in [0.15, 0.2) is 0 Å². The molecule has 1 aliphatic carbocycles. The topological polar surface area (TPSA) is 69.2 Å². The van der Waals surface area contributed by atoms with Crippen molar-refractivity contribution in [1.29, 1.82) is 0 Å². The summed E-state index contributed by atoms with van der Waals surface area (Å²) in [5.41, 5.74) is 8.91. The van der Waals surface area contributed by atoms with Gasteiger partial charge >= 0.3 is 6.18 Å². The Kier molecular flexibility index (Phi) is 4.90. The minimum atomic E-state index is -4.56. The van der Waals surface area contributed by atoms with Crippen molar-refractivity contribution in [2.24, 2.45) is 5.92 Å². The largest absolute Gasteiger partial charge is 0.419 e. The Morgan fingerprint density at radius 3 is 2.66 bits per heavy atom. The summed E-state index contributed by atoms with van der Waals surface area (Å²) in [5, 5.41) is 4.59. The highest BCUT2D eigenvalue weighted by atomic mass is 19.4. The molecule has 29 heavy (non-hydrogen) atoms. The third-order valence-corrected chi connectivity index (χ3v) is 5.50. The average Bonchev–Trinajstić information content (AvgIpc) is 3.00. The second-order valence-corrected chi connectivity index (χ2v) is 7.83. The highest BCUT2D eigenvalue weighted by Crippen LogP contribution is 2.52. The number of hydrogen-bond acceptors (Lipinski definition) is 5. The summed E-state index contributed by atoms with van der Waals surface area (Å²) in [5.74, 6) is -0.119. The maximum absolute atomic E-state index is 13.2. The van der Waals surface area contributed by atoms with E-state index >= 15 is 0 Å². The van der Waals surface area contributed by atoms with Crippen molar-refractivity contribution in [2.45, 2.75) is 26.1 Å². The predicted molar refractivity (Wildman–Crippen MR) is 104 cm³/mol. The van der Waals surface area contributed by atoms with Crippen LogP contribution in [0.15, 0.2) is 23.9 Å². The number of ether oxygens (including phenoxy) is 1. The number of anilines is 1. The normalized spacial score (nSPS) is 19.3. The van der Waals surface area contributed by atoms with Crippen LogP contribution < -0.4 is 5.73 Å². The molecule has 0 radical (unpaired) electrons. The van der Waals surface area contributed by atoms with Crippen molar-refractivity contribution in [2.75, 3.05) is 39.1 Å². The SMILES string of the molecule is COCCN1CC2=C(c3cc(-c4cnc(N)c(C(F)(F)F)c4)nn3C(C)C)C2C1. The van der Waals surface area contributed by atoms with Crippen LogP contribution in [0.25, 0.3) is 16.8 Å². The van der Waals surface area contributed by atoms with Crippen LogP contribution in [-0.4, -0.2) is 53.0 Å². The first-order valence-electron chi connectivity index (χ1n) is 9.58. The number of nitrogens with zero attached hydrogens (tertiary/aromatic N) is 4. The molecule has 0 saturated carbocycles. The fourth-order valence-electron chi connectivity index (χ4n) is 3.99. The first-order valence-corrected chi connectivity index (χ1v) is 9.58. The zero-order valence-electron chi connectivity index (χ0n) is 16.6. The number of likely N-dealkylation sites (tertiary alicyclic amines) is 1. The molecule has 2 aliphatic rings. The lowest BCUT2D eigenvalue weighted by atomic mass is 10.1. The van der Waals surface area contributed by atoms with Gasteiger partial charge in [-0.25, -0.2) is 4.98 Å². The Morgan fingerprint density at radius 1 is 1.31 bits per heavy atom. The van der Waals surface area contributed by atoms with E-state index in [2.05, 4.69) is 15.0 Å². The molecule has 4 rings (SSSR count). The summed E-state index contributed by atoms with van der Waals surface area (Å²) in [7, 11) is 1.69. The Bertz CT molecular complexity index is 964. The van der Waals surface area contributed by atoms with Gasteiger partial charge in [0.1, 0.15) is 5.82 Å². The molecule has 2 aromatic rings. The fourth-order valence-corrected chi connectivity index (χ4v) is 3.99. The Morgan fingerprint density at radius 2 is 2.07 bits per heavy atom. The molecule has 6 nitrogen and oxygen atoms in total. The Labute approximate surface area is 167 Å². The van der Waals surface area contributed by atoms with E-state index < -0.39 is 17.6 Å². The summed E-state index contributed by atoms with van der Waals surface area (Å²) in [6, 6.07) is 2.98. The second kappa shape index (κ2) is 7.14. The van der Waals surface area contributed by atoms with Crippen LogP contribution in [0.3, 0.4) is 0 Å². The van der Waals surface area contributed by atoms with Crippen LogP contribution in [0.1, 0.15) is 31.1 Å². The number of methoxy groups -OCH3 is 1.